The number of hydrogen-bond donors (Lipinski definition) is 2. The predicted octanol–water partition coefficient (Wildman–Crippen LogP) is 4.04. The number of hydrogen-bond acceptors (Lipinski definition) is 3. The lowest BCUT2D eigenvalue weighted by molar-refractivity contribution is -0.121. The van der Waals surface area contributed by atoms with Crippen molar-refractivity contribution in [1.82, 2.24) is 14.7 Å². The van der Waals surface area contributed by atoms with Gasteiger partial charge in [-0.1, -0.05) is 19.3 Å². The molecular formula is C21H29F2N3O2. The molecule has 2 aromatic rings. The van der Waals surface area contributed by atoms with Crippen molar-refractivity contribution in [2.75, 3.05) is 6.61 Å². The Balaban J connectivity index is 0.000000236. The van der Waals surface area contributed by atoms with Gasteiger partial charge in [0.1, 0.15) is 5.65 Å². The number of carbonyl (C=O) groups excluding carboxylic acids is 1. The Bertz CT molecular complexity index is 820. The summed E-state index contributed by atoms with van der Waals surface area (Å²) in [6, 6.07) is 4.22. The molecule has 154 valence electrons. The fourth-order valence-electron chi connectivity index (χ4n) is 4.00. The molecule has 2 saturated carbocycles. The van der Waals surface area contributed by atoms with Gasteiger partial charge in [0.15, 0.2) is 0 Å². The number of fused-ring (bicyclic) bond motifs is 1. The molecule has 2 heterocycles. The molecule has 4 rings (SSSR count). The van der Waals surface area contributed by atoms with Crippen LogP contribution in [-0.4, -0.2) is 39.0 Å². The molecule has 5 nitrogen and oxygen atoms in total. The van der Waals surface area contributed by atoms with Crippen LogP contribution in [0.4, 0.5) is 8.78 Å². The summed E-state index contributed by atoms with van der Waals surface area (Å²) in [6.45, 7) is 3.91. The SMILES string of the molecule is Cc1cc(C)n2ccc(C(=O)NC3CCCCC3)c2n1.OCC1CC(F)(F)C1. The van der Waals surface area contributed by atoms with Crippen LogP contribution in [-0.2, 0) is 0 Å². The molecule has 2 aliphatic rings. The molecule has 1 amide bonds. The molecule has 28 heavy (non-hydrogen) atoms. The Hall–Kier alpha value is -2.02. The highest BCUT2D eigenvalue weighted by atomic mass is 19.3. The number of aryl methyl sites for hydroxylation is 2. The van der Waals surface area contributed by atoms with Crippen LogP contribution in [0.1, 0.15) is 66.7 Å². The van der Waals surface area contributed by atoms with Crippen molar-refractivity contribution in [3.05, 3.63) is 35.3 Å². The van der Waals surface area contributed by atoms with Gasteiger partial charge in [0, 0.05) is 43.1 Å². The van der Waals surface area contributed by atoms with E-state index in [0.717, 1.165) is 29.9 Å². The highest BCUT2D eigenvalue weighted by Gasteiger charge is 2.44. The van der Waals surface area contributed by atoms with Gasteiger partial charge in [-0.2, -0.15) is 0 Å². The standard InChI is InChI=1S/C16H21N3O.C5H8F2O/c1-11-10-12(2)19-9-8-14(15(19)17-11)16(20)18-13-6-4-3-5-7-13;6-5(7)1-4(2-5)3-8/h8-10,13H,3-7H2,1-2H3,(H,18,20);4,8H,1-3H2. The van der Waals surface area contributed by atoms with Crippen LogP contribution >= 0.6 is 0 Å². The van der Waals surface area contributed by atoms with Crippen molar-refractivity contribution >= 4 is 11.6 Å². The van der Waals surface area contributed by atoms with Gasteiger partial charge in [-0.05, 0) is 44.7 Å². The van der Waals surface area contributed by atoms with Crippen LogP contribution in [0.5, 0.6) is 0 Å². The predicted molar refractivity (Wildman–Crippen MR) is 104 cm³/mol. The van der Waals surface area contributed by atoms with Crippen molar-refractivity contribution in [1.29, 1.82) is 0 Å². The van der Waals surface area contributed by atoms with E-state index in [1.54, 1.807) is 0 Å². The molecule has 2 aromatic heterocycles. The summed E-state index contributed by atoms with van der Waals surface area (Å²) in [5, 5.41) is 11.4. The molecule has 0 spiro atoms. The summed E-state index contributed by atoms with van der Waals surface area (Å²) in [7, 11) is 0. The molecule has 0 bridgehead atoms. The molecule has 7 heteroatoms. The van der Waals surface area contributed by atoms with Gasteiger partial charge in [-0.15, -0.1) is 0 Å². The minimum atomic E-state index is -2.46. The Kier molecular flexibility index (Phi) is 6.33. The smallest absolute Gasteiger partial charge is 0.255 e. The third kappa shape index (κ3) is 4.87. The maximum Gasteiger partial charge on any atom is 0.255 e. The number of aliphatic hydroxyl groups excluding tert-OH is 1. The number of aliphatic hydroxyl groups is 1. The molecule has 0 saturated heterocycles. The van der Waals surface area contributed by atoms with Crippen LogP contribution in [0, 0.1) is 19.8 Å². The fraction of sp³-hybridized carbons (Fsp3) is 0.619. The maximum atomic E-state index is 12.4. The largest absolute Gasteiger partial charge is 0.396 e. The average Bonchev–Trinajstić information content (AvgIpc) is 3.05. The highest BCUT2D eigenvalue weighted by molar-refractivity contribution is 6.00. The van der Waals surface area contributed by atoms with Crippen LogP contribution in [0.3, 0.4) is 0 Å². The first-order chi connectivity index (χ1) is 13.3. The summed E-state index contributed by atoms with van der Waals surface area (Å²) < 4.78 is 25.7. The van der Waals surface area contributed by atoms with E-state index in [9.17, 15) is 13.6 Å². The Morgan fingerprint density at radius 3 is 2.54 bits per heavy atom. The van der Waals surface area contributed by atoms with E-state index in [2.05, 4.69) is 10.3 Å². The zero-order valence-electron chi connectivity index (χ0n) is 16.5. The molecule has 2 N–H and O–H groups in total. The quantitative estimate of drug-likeness (QED) is 0.827. The lowest BCUT2D eigenvalue weighted by Crippen LogP contribution is -2.37. The zero-order chi connectivity index (χ0) is 20.3. The van der Waals surface area contributed by atoms with E-state index in [4.69, 9.17) is 5.11 Å². The summed E-state index contributed by atoms with van der Waals surface area (Å²) in [5.41, 5.74) is 3.49. The first-order valence-electron chi connectivity index (χ1n) is 10.0. The number of rotatable bonds is 3. The first-order valence-corrected chi connectivity index (χ1v) is 10.0. The van der Waals surface area contributed by atoms with Gasteiger partial charge in [-0.3, -0.25) is 4.79 Å². The number of nitrogens with zero attached hydrogens (tertiary/aromatic N) is 2. The number of halogens is 2. The third-order valence-corrected chi connectivity index (χ3v) is 5.56. The first kappa shape index (κ1) is 20.7. The monoisotopic (exact) mass is 393 g/mol. The number of aromatic nitrogens is 2. The van der Waals surface area contributed by atoms with Gasteiger partial charge >= 0.3 is 0 Å². The van der Waals surface area contributed by atoms with E-state index in [1.807, 2.05) is 36.6 Å². The van der Waals surface area contributed by atoms with E-state index in [-0.39, 0.29) is 31.3 Å². The molecular weight excluding hydrogens is 364 g/mol. The van der Waals surface area contributed by atoms with Crippen LogP contribution in [0.2, 0.25) is 0 Å². The Morgan fingerprint density at radius 1 is 1.29 bits per heavy atom. The summed E-state index contributed by atoms with van der Waals surface area (Å²) >= 11 is 0. The van der Waals surface area contributed by atoms with Crippen LogP contribution in [0.25, 0.3) is 5.65 Å². The summed E-state index contributed by atoms with van der Waals surface area (Å²) in [4.78, 5) is 17.0. The third-order valence-electron chi connectivity index (χ3n) is 5.56. The minimum absolute atomic E-state index is 0.0110. The van der Waals surface area contributed by atoms with Crippen molar-refractivity contribution in [3.63, 3.8) is 0 Å². The lowest BCUT2D eigenvalue weighted by Gasteiger charge is -2.33. The number of carbonyl (C=O) groups is 1. The second-order valence-corrected chi connectivity index (χ2v) is 8.08. The molecule has 0 aromatic carbocycles. The van der Waals surface area contributed by atoms with E-state index >= 15 is 0 Å². The molecule has 0 radical (unpaired) electrons. The number of amides is 1. The molecule has 2 aliphatic carbocycles. The van der Waals surface area contributed by atoms with Crippen molar-refractivity contribution in [2.24, 2.45) is 5.92 Å². The second-order valence-electron chi connectivity index (χ2n) is 8.08. The van der Waals surface area contributed by atoms with Gasteiger partial charge in [-0.25, -0.2) is 13.8 Å². The van der Waals surface area contributed by atoms with Crippen molar-refractivity contribution < 1.29 is 18.7 Å². The van der Waals surface area contributed by atoms with Gasteiger partial charge < -0.3 is 14.8 Å². The zero-order valence-corrected chi connectivity index (χ0v) is 16.5. The summed E-state index contributed by atoms with van der Waals surface area (Å²) in [5.74, 6) is -2.59. The average molecular weight is 393 g/mol. The summed E-state index contributed by atoms with van der Waals surface area (Å²) in [6.07, 6.45) is 7.61. The number of nitrogens with one attached hydrogen (secondary N) is 1. The fourth-order valence-corrected chi connectivity index (χ4v) is 4.00. The normalized spacial score (nSPS) is 19.6. The maximum absolute atomic E-state index is 12.4. The van der Waals surface area contributed by atoms with E-state index in [1.165, 1.54) is 19.3 Å². The van der Waals surface area contributed by atoms with Gasteiger partial charge in [0.25, 0.3) is 5.91 Å². The van der Waals surface area contributed by atoms with Gasteiger partial charge in [0.05, 0.1) is 5.56 Å². The van der Waals surface area contributed by atoms with E-state index in [0.29, 0.717) is 11.6 Å². The van der Waals surface area contributed by atoms with Crippen LogP contribution < -0.4 is 5.32 Å². The van der Waals surface area contributed by atoms with E-state index < -0.39 is 5.92 Å². The number of alkyl halides is 2. The van der Waals surface area contributed by atoms with Crippen molar-refractivity contribution in [2.45, 2.75) is 70.8 Å². The molecule has 0 unspecified atom stereocenters. The Labute approximate surface area is 164 Å². The Morgan fingerprint density at radius 2 is 1.96 bits per heavy atom. The molecule has 2 fully saturated rings. The molecule has 0 atom stereocenters. The minimum Gasteiger partial charge on any atom is -0.396 e. The lowest BCUT2D eigenvalue weighted by atomic mass is 9.82. The van der Waals surface area contributed by atoms with Crippen molar-refractivity contribution in [3.8, 4) is 0 Å². The molecule has 0 aliphatic heterocycles. The second kappa shape index (κ2) is 8.55. The topological polar surface area (TPSA) is 66.6 Å². The van der Waals surface area contributed by atoms with Gasteiger partial charge in [0.2, 0.25) is 5.92 Å². The van der Waals surface area contributed by atoms with Crippen LogP contribution in [0.15, 0.2) is 18.3 Å². The highest BCUT2D eigenvalue weighted by Crippen LogP contribution is 2.41.